The van der Waals surface area contributed by atoms with Crippen LogP contribution < -0.4 is 0 Å². The summed E-state index contributed by atoms with van der Waals surface area (Å²) >= 11 is 0. The highest BCUT2D eigenvalue weighted by atomic mass is 32.2. The molecule has 1 spiro atoms. The maximum Gasteiger partial charge on any atom is 0.281 e. The van der Waals surface area contributed by atoms with E-state index in [0.29, 0.717) is 19.7 Å². The third-order valence-electron chi connectivity index (χ3n) is 5.55. The van der Waals surface area contributed by atoms with E-state index in [1.807, 2.05) is 0 Å². The van der Waals surface area contributed by atoms with Gasteiger partial charge in [0, 0.05) is 40.3 Å². The Hall–Kier alpha value is -0.990. The number of hydrogen-bond acceptors (Lipinski definition) is 4. The fourth-order valence-corrected chi connectivity index (χ4v) is 5.04. The topological polar surface area (TPSA) is 53.1 Å². The largest absolute Gasteiger partial charge is 0.372 e. The van der Waals surface area contributed by atoms with E-state index >= 15 is 0 Å². The van der Waals surface area contributed by atoms with Gasteiger partial charge in [-0.15, -0.1) is 0 Å². The minimum atomic E-state index is -3.36. The van der Waals surface area contributed by atoms with Gasteiger partial charge in [-0.3, -0.25) is 0 Å². The van der Waals surface area contributed by atoms with Crippen LogP contribution in [0.15, 0.2) is 30.3 Å². The number of rotatable bonds is 6. The molecule has 2 saturated heterocycles. The molecule has 0 saturated carbocycles. The highest BCUT2D eigenvalue weighted by molar-refractivity contribution is 7.86. The van der Waals surface area contributed by atoms with Crippen LogP contribution >= 0.6 is 0 Å². The molecule has 7 heteroatoms. The summed E-state index contributed by atoms with van der Waals surface area (Å²) in [6.07, 6.45) is 4.06. The third kappa shape index (κ3) is 4.64. The molecule has 146 valence electrons. The molecular weight excluding hydrogens is 350 g/mol. The van der Waals surface area contributed by atoms with Gasteiger partial charge in [0.05, 0.1) is 12.2 Å². The van der Waals surface area contributed by atoms with E-state index in [1.54, 1.807) is 18.4 Å². The number of aryl methyl sites for hydroxylation is 1. The second kappa shape index (κ2) is 8.35. The van der Waals surface area contributed by atoms with Gasteiger partial charge >= 0.3 is 0 Å². The van der Waals surface area contributed by atoms with Crippen molar-refractivity contribution >= 4 is 10.2 Å². The van der Waals surface area contributed by atoms with Crippen LogP contribution in [0.2, 0.25) is 0 Å². The zero-order chi connectivity index (χ0) is 18.6. The summed E-state index contributed by atoms with van der Waals surface area (Å²) in [7, 11) is -0.180. The summed E-state index contributed by atoms with van der Waals surface area (Å²) in [5.41, 5.74) is 1.08. The lowest BCUT2D eigenvalue weighted by Gasteiger charge is -2.47. The van der Waals surface area contributed by atoms with E-state index in [-0.39, 0.29) is 5.60 Å². The van der Waals surface area contributed by atoms with Crippen molar-refractivity contribution in [3.05, 3.63) is 35.9 Å². The zero-order valence-electron chi connectivity index (χ0n) is 15.9. The molecule has 0 bridgehead atoms. The first-order chi connectivity index (χ1) is 12.4. The SMILES string of the molecule is CN(C)S(=O)(=O)N1CCOC2(CCN(CCCc3ccccc3)CC2)C1. The quantitative estimate of drug-likeness (QED) is 0.751. The average molecular weight is 382 g/mol. The van der Waals surface area contributed by atoms with Gasteiger partial charge in [0.1, 0.15) is 0 Å². The van der Waals surface area contributed by atoms with Crippen molar-refractivity contribution in [2.45, 2.75) is 31.3 Å². The Labute approximate surface area is 157 Å². The molecular formula is C19H31N3O3S. The smallest absolute Gasteiger partial charge is 0.281 e. The molecule has 26 heavy (non-hydrogen) atoms. The first kappa shape index (κ1) is 19.8. The highest BCUT2D eigenvalue weighted by Crippen LogP contribution is 2.31. The maximum absolute atomic E-state index is 12.4. The fraction of sp³-hybridized carbons (Fsp3) is 0.684. The molecule has 2 aliphatic heterocycles. The molecule has 0 amide bonds. The zero-order valence-corrected chi connectivity index (χ0v) is 16.7. The average Bonchev–Trinajstić information content (AvgIpc) is 2.64. The normalized spacial score (nSPS) is 22.1. The van der Waals surface area contributed by atoms with Gasteiger partial charge < -0.3 is 9.64 Å². The van der Waals surface area contributed by atoms with Crippen molar-refractivity contribution in [3.8, 4) is 0 Å². The molecule has 0 atom stereocenters. The Balaban J connectivity index is 1.48. The summed E-state index contributed by atoms with van der Waals surface area (Å²) < 4.78 is 33.8. The van der Waals surface area contributed by atoms with E-state index in [1.165, 1.54) is 9.87 Å². The minimum absolute atomic E-state index is 0.308. The van der Waals surface area contributed by atoms with Crippen molar-refractivity contribution in [3.63, 3.8) is 0 Å². The maximum atomic E-state index is 12.4. The minimum Gasteiger partial charge on any atom is -0.372 e. The monoisotopic (exact) mass is 381 g/mol. The predicted octanol–water partition coefficient (Wildman–Crippen LogP) is 1.59. The molecule has 2 fully saturated rings. The molecule has 1 aromatic carbocycles. The Morgan fingerprint density at radius 3 is 2.46 bits per heavy atom. The number of ether oxygens (including phenoxy) is 1. The second-order valence-electron chi connectivity index (χ2n) is 7.59. The molecule has 0 N–H and O–H groups in total. The van der Waals surface area contributed by atoms with Gasteiger partial charge in [-0.25, -0.2) is 0 Å². The first-order valence-electron chi connectivity index (χ1n) is 9.49. The summed E-state index contributed by atoms with van der Waals surface area (Å²) in [6, 6.07) is 10.6. The molecule has 0 aliphatic carbocycles. The lowest BCUT2D eigenvalue weighted by atomic mass is 9.90. The number of morpholine rings is 1. The molecule has 0 radical (unpaired) electrons. The van der Waals surface area contributed by atoms with Gasteiger partial charge in [0.25, 0.3) is 10.2 Å². The van der Waals surface area contributed by atoms with Gasteiger partial charge in [-0.1, -0.05) is 30.3 Å². The van der Waals surface area contributed by atoms with Crippen LogP contribution in [0.1, 0.15) is 24.8 Å². The standard InChI is InChI=1S/C19H31N3O3S/c1-20(2)26(23,24)22-15-16-25-19(17-22)10-13-21(14-11-19)12-6-9-18-7-4-3-5-8-18/h3-5,7-8H,6,9-17H2,1-2H3. The molecule has 0 unspecified atom stereocenters. The summed E-state index contributed by atoms with van der Waals surface area (Å²) in [6.45, 7) is 4.45. The summed E-state index contributed by atoms with van der Waals surface area (Å²) in [5, 5.41) is 0. The van der Waals surface area contributed by atoms with Crippen molar-refractivity contribution < 1.29 is 13.2 Å². The Morgan fingerprint density at radius 1 is 1.12 bits per heavy atom. The van der Waals surface area contributed by atoms with Crippen molar-refractivity contribution in [2.75, 3.05) is 53.4 Å². The molecule has 2 heterocycles. The number of benzene rings is 1. The second-order valence-corrected chi connectivity index (χ2v) is 9.73. The molecule has 1 aromatic rings. The third-order valence-corrected chi connectivity index (χ3v) is 7.44. The first-order valence-corrected chi connectivity index (χ1v) is 10.9. The van der Waals surface area contributed by atoms with Crippen LogP contribution in [-0.4, -0.2) is 81.0 Å². The van der Waals surface area contributed by atoms with Gasteiger partial charge in [0.15, 0.2) is 0 Å². The van der Waals surface area contributed by atoms with Gasteiger partial charge in [-0.2, -0.15) is 17.0 Å². The van der Waals surface area contributed by atoms with E-state index < -0.39 is 10.2 Å². The van der Waals surface area contributed by atoms with Crippen LogP contribution in [-0.2, 0) is 21.4 Å². The van der Waals surface area contributed by atoms with Crippen LogP contribution in [0, 0.1) is 0 Å². The van der Waals surface area contributed by atoms with E-state index in [0.717, 1.165) is 45.3 Å². The summed E-state index contributed by atoms with van der Waals surface area (Å²) in [4.78, 5) is 2.48. The van der Waals surface area contributed by atoms with Gasteiger partial charge in [0.2, 0.25) is 0 Å². The fourth-order valence-electron chi connectivity index (χ4n) is 3.88. The van der Waals surface area contributed by atoms with Crippen LogP contribution in [0.4, 0.5) is 0 Å². The number of nitrogens with zero attached hydrogens (tertiary/aromatic N) is 3. The van der Waals surface area contributed by atoms with Crippen LogP contribution in [0.5, 0.6) is 0 Å². The van der Waals surface area contributed by atoms with Crippen molar-refractivity contribution in [2.24, 2.45) is 0 Å². The Morgan fingerprint density at radius 2 is 1.81 bits per heavy atom. The molecule has 6 nitrogen and oxygen atoms in total. The summed E-state index contributed by atoms with van der Waals surface area (Å²) in [5.74, 6) is 0. The highest BCUT2D eigenvalue weighted by Gasteiger charge is 2.43. The molecule has 0 aromatic heterocycles. The van der Waals surface area contributed by atoms with Gasteiger partial charge in [-0.05, 0) is 37.8 Å². The van der Waals surface area contributed by atoms with E-state index in [9.17, 15) is 8.42 Å². The Kier molecular flexibility index (Phi) is 6.35. The molecule has 3 rings (SSSR count). The van der Waals surface area contributed by atoms with Crippen molar-refractivity contribution in [1.82, 2.24) is 13.5 Å². The van der Waals surface area contributed by atoms with Crippen LogP contribution in [0.25, 0.3) is 0 Å². The number of hydrogen-bond donors (Lipinski definition) is 0. The van der Waals surface area contributed by atoms with Crippen LogP contribution in [0.3, 0.4) is 0 Å². The lowest BCUT2D eigenvalue weighted by Crippen LogP contribution is -2.59. The lowest BCUT2D eigenvalue weighted by molar-refractivity contribution is -0.120. The molecule has 2 aliphatic rings. The predicted molar refractivity (Wildman–Crippen MR) is 103 cm³/mol. The Bertz CT molecular complexity index is 671. The van der Waals surface area contributed by atoms with Crippen molar-refractivity contribution in [1.29, 1.82) is 0 Å². The van der Waals surface area contributed by atoms with E-state index in [2.05, 4.69) is 35.2 Å². The number of piperidine rings is 1. The number of likely N-dealkylation sites (tertiary alicyclic amines) is 1. The van der Waals surface area contributed by atoms with E-state index in [4.69, 9.17) is 4.74 Å².